The lowest BCUT2D eigenvalue weighted by molar-refractivity contribution is 0.101. The molecule has 12 heteroatoms. The Bertz CT molecular complexity index is 1150. The number of nitrogens with one attached hydrogen (secondary N) is 2. The van der Waals surface area contributed by atoms with Gasteiger partial charge in [-0.05, 0) is 58.2 Å². The van der Waals surface area contributed by atoms with E-state index in [0.29, 0.717) is 37.3 Å². The molecule has 3 rings (SSSR count). The molecule has 0 radical (unpaired) electrons. The van der Waals surface area contributed by atoms with Crippen molar-refractivity contribution in [3.05, 3.63) is 68.0 Å². The lowest BCUT2D eigenvalue weighted by Gasteiger charge is -2.20. The number of anilines is 1. The lowest BCUT2D eigenvalue weighted by Crippen LogP contribution is -2.37. The minimum atomic E-state index is -1.20. The van der Waals surface area contributed by atoms with E-state index in [9.17, 15) is 9.59 Å². The summed E-state index contributed by atoms with van der Waals surface area (Å²) in [6, 6.07) is 8.23. The SMILES string of the molecule is Cc1cc(Cl)cc(CN(C)NC(=O)O)c1NC(=O)c1cc(Br)nn1-c1ncccc1Cl. The number of carbonyl (C=O) groups excluding carboxylic acids is 1. The van der Waals surface area contributed by atoms with Crippen molar-refractivity contribution in [2.24, 2.45) is 0 Å². The molecule has 0 aliphatic heterocycles. The van der Waals surface area contributed by atoms with E-state index in [0.717, 1.165) is 0 Å². The molecule has 0 fully saturated rings. The topological polar surface area (TPSA) is 112 Å². The van der Waals surface area contributed by atoms with E-state index >= 15 is 0 Å². The van der Waals surface area contributed by atoms with Crippen LogP contribution in [-0.2, 0) is 6.54 Å². The van der Waals surface area contributed by atoms with Gasteiger partial charge in [0, 0.05) is 36.6 Å². The molecule has 2 aromatic heterocycles. The van der Waals surface area contributed by atoms with E-state index in [2.05, 4.69) is 36.8 Å². The van der Waals surface area contributed by atoms with Gasteiger partial charge in [0.15, 0.2) is 5.82 Å². The molecule has 2 heterocycles. The maximum atomic E-state index is 13.2. The van der Waals surface area contributed by atoms with Gasteiger partial charge in [-0.15, -0.1) is 0 Å². The summed E-state index contributed by atoms with van der Waals surface area (Å²) in [5, 5.41) is 18.2. The number of carboxylic acid groups (broad SMARTS) is 1. The summed E-state index contributed by atoms with van der Waals surface area (Å²) in [6.07, 6.45) is 0.346. The zero-order valence-electron chi connectivity index (χ0n) is 16.4. The molecule has 9 nitrogen and oxygen atoms in total. The van der Waals surface area contributed by atoms with Crippen LogP contribution >= 0.6 is 39.1 Å². The van der Waals surface area contributed by atoms with Gasteiger partial charge in [0.2, 0.25) is 0 Å². The van der Waals surface area contributed by atoms with E-state index in [1.54, 1.807) is 50.5 Å². The minimum Gasteiger partial charge on any atom is -0.464 e. The van der Waals surface area contributed by atoms with Gasteiger partial charge in [0.05, 0.1) is 5.02 Å². The average Bonchev–Trinajstić information content (AvgIpc) is 3.05. The molecule has 0 aliphatic carbocycles. The number of aromatic nitrogens is 3. The van der Waals surface area contributed by atoms with Crippen molar-refractivity contribution in [1.29, 1.82) is 0 Å². The lowest BCUT2D eigenvalue weighted by atomic mass is 10.1. The van der Waals surface area contributed by atoms with E-state index < -0.39 is 12.0 Å². The van der Waals surface area contributed by atoms with Crippen LogP contribution in [0.4, 0.5) is 10.5 Å². The number of hydrazine groups is 1. The summed E-state index contributed by atoms with van der Waals surface area (Å²) in [6.45, 7) is 1.96. The zero-order valence-corrected chi connectivity index (χ0v) is 19.5. The van der Waals surface area contributed by atoms with Gasteiger partial charge in [-0.25, -0.2) is 19.5 Å². The molecule has 0 bridgehead atoms. The first-order valence-electron chi connectivity index (χ1n) is 8.83. The van der Waals surface area contributed by atoms with Crippen LogP contribution in [0.5, 0.6) is 0 Å². The number of halogens is 3. The summed E-state index contributed by atoms with van der Waals surface area (Å²) in [5.41, 5.74) is 4.27. The zero-order chi connectivity index (χ0) is 22.7. The van der Waals surface area contributed by atoms with Crippen molar-refractivity contribution in [3.8, 4) is 5.82 Å². The minimum absolute atomic E-state index is 0.165. The van der Waals surface area contributed by atoms with Crippen LogP contribution in [0, 0.1) is 6.92 Å². The molecule has 0 saturated heterocycles. The Morgan fingerprint density at radius 1 is 1.29 bits per heavy atom. The van der Waals surface area contributed by atoms with Crippen LogP contribution in [0.15, 0.2) is 41.1 Å². The van der Waals surface area contributed by atoms with Gasteiger partial charge in [0.1, 0.15) is 10.3 Å². The molecule has 2 amide bonds. The van der Waals surface area contributed by atoms with Crippen LogP contribution in [0.25, 0.3) is 5.82 Å². The highest BCUT2D eigenvalue weighted by atomic mass is 79.9. The number of benzene rings is 1. The number of pyridine rings is 1. The molecule has 0 spiro atoms. The standard InChI is InChI=1S/C19H17BrCl2N6O3/c1-10-6-12(21)7-11(9-27(2)26-19(30)31)16(10)24-18(29)14-8-15(20)25-28(14)17-13(22)4-3-5-23-17/h3-8,26H,9H2,1-2H3,(H,24,29)(H,30,31). The fraction of sp³-hybridized carbons (Fsp3) is 0.158. The van der Waals surface area contributed by atoms with Gasteiger partial charge in [-0.1, -0.05) is 23.2 Å². The van der Waals surface area contributed by atoms with E-state index in [4.69, 9.17) is 28.3 Å². The van der Waals surface area contributed by atoms with Crippen molar-refractivity contribution in [3.63, 3.8) is 0 Å². The van der Waals surface area contributed by atoms with Crippen LogP contribution in [0.3, 0.4) is 0 Å². The summed E-state index contributed by atoms with van der Waals surface area (Å²) in [7, 11) is 1.56. The van der Waals surface area contributed by atoms with Gasteiger partial charge in [-0.3, -0.25) is 10.2 Å². The molecule has 0 aliphatic rings. The van der Waals surface area contributed by atoms with Gasteiger partial charge in [-0.2, -0.15) is 5.10 Å². The third-order valence-corrected chi connectivity index (χ3v) is 5.07. The molecule has 0 unspecified atom stereocenters. The molecule has 0 saturated carbocycles. The van der Waals surface area contributed by atoms with E-state index in [-0.39, 0.29) is 12.2 Å². The van der Waals surface area contributed by atoms with Gasteiger partial charge in [0.25, 0.3) is 5.91 Å². The Morgan fingerprint density at radius 3 is 2.71 bits per heavy atom. The molecular formula is C19H17BrCl2N6O3. The summed E-state index contributed by atoms with van der Waals surface area (Å²) in [5.74, 6) is -0.154. The van der Waals surface area contributed by atoms with E-state index in [1.807, 2.05) is 0 Å². The first kappa shape index (κ1) is 23.0. The number of nitrogens with zero attached hydrogens (tertiary/aromatic N) is 4. The third kappa shape index (κ3) is 5.53. The van der Waals surface area contributed by atoms with E-state index in [1.165, 1.54) is 9.69 Å². The first-order chi connectivity index (χ1) is 14.7. The molecule has 3 N–H and O–H groups in total. The first-order valence-corrected chi connectivity index (χ1v) is 10.4. The number of carbonyl (C=O) groups is 2. The smallest absolute Gasteiger partial charge is 0.419 e. The Balaban J connectivity index is 1.96. The molecular weight excluding hydrogens is 511 g/mol. The highest BCUT2D eigenvalue weighted by Crippen LogP contribution is 2.28. The maximum Gasteiger partial charge on any atom is 0.419 e. The molecule has 3 aromatic rings. The highest BCUT2D eigenvalue weighted by Gasteiger charge is 2.21. The third-order valence-electron chi connectivity index (χ3n) is 4.17. The summed E-state index contributed by atoms with van der Waals surface area (Å²) < 4.78 is 1.77. The summed E-state index contributed by atoms with van der Waals surface area (Å²) in [4.78, 5) is 28.3. The second-order valence-electron chi connectivity index (χ2n) is 6.56. The van der Waals surface area contributed by atoms with Gasteiger partial charge < -0.3 is 10.4 Å². The Hall–Kier alpha value is -2.66. The second-order valence-corrected chi connectivity index (χ2v) is 8.21. The molecule has 31 heavy (non-hydrogen) atoms. The molecule has 162 valence electrons. The number of hydrogen-bond donors (Lipinski definition) is 3. The Kier molecular flexibility index (Phi) is 7.16. The van der Waals surface area contributed by atoms with Crippen LogP contribution in [0.1, 0.15) is 21.6 Å². The van der Waals surface area contributed by atoms with Crippen LogP contribution in [-0.4, -0.2) is 43.9 Å². The summed E-state index contributed by atoms with van der Waals surface area (Å²) >= 11 is 15.7. The quantitative estimate of drug-likeness (QED) is 0.406. The predicted molar refractivity (Wildman–Crippen MR) is 121 cm³/mol. The Labute approximate surface area is 196 Å². The number of aryl methyl sites for hydroxylation is 1. The number of amides is 2. The monoisotopic (exact) mass is 526 g/mol. The van der Waals surface area contributed by atoms with Crippen LogP contribution in [0.2, 0.25) is 10.0 Å². The van der Waals surface area contributed by atoms with Crippen molar-refractivity contribution in [2.75, 3.05) is 12.4 Å². The number of hydrogen-bond acceptors (Lipinski definition) is 5. The molecule has 0 atom stereocenters. The fourth-order valence-electron chi connectivity index (χ4n) is 2.96. The second kappa shape index (κ2) is 9.65. The Morgan fingerprint density at radius 2 is 2.03 bits per heavy atom. The van der Waals surface area contributed by atoms with Crippen molar-refractivity contribution in [2.45, 2.75) is 13.5 Å². The predicted octanol–water partition coefficient (Wildman–Crippen LogP) is 4.51. The fourth-order valence-corrected chi connectivity index (χ4v) is 3.83. The van der Waals surface area contributed by atoms with Crippen molar-refractivity contribution >= 4 is 56.8 Å². The van der Waals surface area contributed by atoms with Crippen LogP contribution < -0.4 is 10.7 Å². The largest absolute Gasteiger partial charge is 0.464 e. The molecule has 1 aromatic carbocycles. The van der Waals surface area contributed by atoms with Gasteiger partial charge >= 0.3 is 6.09 Å². The van der Waals surface area contributed by atoms with Crippen molar-refractivity contribution in [1.82, 2.24) is 25.2 Å². The highest BCUT2D eigenvalue weighted by molar-refractivity contribution is 9.10. The number of rotatable bonds is 6. The normalized spacial score (nSPS) is 10.9. The average molecular weight is 528 g/mol. The van der Waals surface area contributed by atoms with Crippen molar-refractivity contribution < 1.29 is 14.7 Å². The maximum absolute atomic E-state index is 13.2.